The average Bonchev–Trinajstić information content (AvgIpc) is 3.23. The van der Waals surface area contributed by atoms with E-state index in [2.05, 4.69) is 54.3 Å². The van der Waals surface area contributed by atoms with Crippen molar-refractivity contribution in [3.63, 3.8) is 0 Å². The van der Waals surface area contributed by atoms with E-state index in [0.717, 1.165) is 66.4 Å². The molecule has 1 aromatic carbocycles. The van der Waals surface area contributed by atoms with E-state index < -0.39 is 0 Å². The number of anilines is 1. The largest absolute Gasteiger partial charge is 0.497 e. The number of nitrogens with one attached hydrogen (secondary N) is 1. The molecule has 6 heteroatoms. The molecular formula is C27H39N3O2S. The minimum Gasteiger partial charge on any atom is -0.497 e. The first-order valence-electron chi connectivity index (χ1n) is 11.8. The normalized spacial score (nSPS) is 13.8. The Kier molecular flexibility index (Phi) is 10.8. The van der Waals surface area contributed by atoms with Crippen LogP contribution in [0.1, 0.15) is 58.9 Å². The van der Waals surface area contributed by atoms with E-state index in [9.17, 15) is 4.79 Å². The molecule has 2 rings (SSSR count). The number of methoxy groups -OCH3 is 1. The molecule has 1 aliphatic rings. The number of carbonyl (C=O) groups excluding carboxylic acids is 1. The van der Waals surface area contributed by atoms with Crippen molar-refractivity contribution in [3.05, 3.63) is 58.1 Å². The molecule has 0 aliphatic carbocycles. The number of amides is 1. The standard InChI is InChI=1S/C27H39N3O2S/c1-8-11-22(12-9-2)18-29-27(31)21(6)33-20(5)19(4)26(28-10-3)30-16-15-23-17-24(32-7)13-14-25(23)30/h10,13-14,17,22H,5-6,8-9,11-12,15-16,18H2,1-4,7H3,(H,29,31)/b26-19+,28-10?. The van der Waals surface area contributed by atoms with Gasteiger partial charge in [-0.2, -0.15) is 0 Å². The first-order chi connectivity index (χ1) is 15.9. The molecule has 0 saturated carbocycles. The Bertz CT molecular complexity index is 914. The third-order valence-electron chi connectivity index (χ3n) is 5.89. The highest BCUT2D eigenvalue weighted by Gasteiger charge is 2.25. The van der Waals surface area contributed by atoms with E-state index in [0.29, 0.717) is 17.4 Å². The number of carbonyl (C=O) groups is 1. The van der Waals surface area contributed by atoms with Crippen molar-refractivity contribution in [2.24, 2.45) is 10.9 Å². The third-order valence-corrected chi connectivity index (χ3v) is 6.87. The molecule has 33 heavy (non-hydrogen) atoms. The molecule has 0 radical (unpaired) electrons. The van der Waals surface area contributed by atoms with Crippen molar-refractivity contribution >= 4 is 29.6 Å². The molecule has 0 unspecified atom stereocenters. The molecule has 0 saturated heterocycles. The van der Waals surface area contributed by atoms with Crippen molar-refractivity contribution in [3.8, 4) is 5.75 Å². The van der Waals surface area contributed by atoms with Crippen LogP contribution in [-0.2, 0) is 11.2 Å². The van der Waals surface area contributed by atoms with Gasteiger partial charge < -0.3 is 15.0 Å². The molecule has 1 aliphatic heterocycles. The topological polar surface area (TPSA) is 53.9 Å². The second-order valence-corrected chi connectivity index (χ2v) is 9.52. The number of allylic oxidation sites excluding steroid dienone is 1. The SMILES string of the molecule is C=C(SC(=C)/C(C)=C(\N=CC)N1CCc2cc(OC)ccc21)C(=O)NCC(CCC)CCC. The predicted molar refractivity (Wildman–Crippen MR) is 143 cm³/mol. The van der Waals surface area contributed by atoms with Crippen LogP contribution in [0.15, 0.2) is 57.6 Å². The minimum absolute atomic E-state index is 0.120. The van der Waals surface area contributed by atoms with Crippen LogP contribution in [-0.4, -0.2) is 32.3 Å². The number of aliphatic imine (C=N–C) groups is 1. The molecule has 1 aromatic rings. The van der Waals surface area contributed by atoms with Crippen molar-refractivity contribution in [2.45, 2.75) is 59.8 Å². The van der Waals surface area contributed by atoms with Gasteiger partial charge in [0.25, 0.3) is 5.91 Å². The monoisotopic (exact) mass is 469 g/mol. The van der Waals surface area contributed by atoms with Gasteiger partial charge in [0.15, 0.2) is 0 Å². The van der Waals surface area contributed by atoms with Gasteiger partial charge >= 0.3 is 0 Å². The quantitative estimate of drug-likeness (QED) is 0.204. The lowest BCUT2D eigenvalue weighted by molar-refractivity contribution is -0.117. The van der Waals surface area contributed by atoms with E-state index in [4.69, 9.17) is 4.74 Å². The molecule has 1 heterocycles. The van der Waals surface area contributed by atoms with Crippen molar-refractivity contribution in [2.75, 3.05) is 25.1 Å². The fourth-order valence-corrected chi connectivity index (χ4v) is 4.82. The van der Waals surface area contributed by atoms with E-state index in [-0.39, 0.29) is 5.91 Å². The van der Waals surface area contributed by atoms with E-state index >= 15 is 0 Å². The Morgan fingerprint density at radius 3 is 2.58 bits per heavy atom. The van der Waals surface area contributed by atoms with Gasteiger partial charge in [0.1, 0.15) is 11.6 Å². The summed E-state index contributed by atoms with van der Waals surface area (Å²) in [7, 11) is 1.68. The summed E-state index contributed by atoms with van der Waals surface area (Å²) in [5, 5.41) is 3.06. The molecule has 0 aromatic heterocycles. The van der Waals surface area contributed by atoms with E-state index in [1.807, 2.05) is 19.9 Å². The lowest BCUT2D eigenvalue weighted by Crippen LogP contribution is -2.29. The molecule has 0 atom stereocenters. The lowest BCUT2D eigenvalue weighted by atomic mass is 9.98. The van der Waals surface area contributed by atoms with Crippen LogP contribution in [0.2, 0.25) is 0 Å². The summed E-state index contributed by atoms with van der Waals surface area (Å²) in [5.74, 6) is 2.11. The Hall–Kier alpha value is -2.47. The Morgan fingerprint density at radius 2 is 1.97 bits per heavy atom. The van der Waals surface area contributed by atoms with Crippen molar-refractivity contribution < 1.29 is 9.53 Å². The van der Waals surface area contributed by atoms with Gasteiger partial charge in [0.05, 0.1) is 12.0 Å². The van der Waals surface area contributed by atoms with Crippen LogP contribution >= 0.6 is 11.8 Å². The van der Waals surface area contributed by atoms with Crippen molar-refractivity contribution in [1.29, 1.82) is 0 Å². The summed E-state index contributed by atoms with van der Waals surface area (Å²) >= 11 is 1.32. The van der Waals surface area contributed by atoms with Crippen LogP contribution in [0.4, 0.5) is 5.69 Å². The maximum Gasteiger partial charge on any atom is 0.257 e. The second-order valence-electron chi connectivity index (χ2n) is 8.33. The van der Waals surface area contributed by atoms with E-state index in [1.54, 1.807) is 13.3 Å². The molecule has 0 fully saturated rings. The number of nitrogens with zero attached hydrogens (tertiary/aromatic N) is 2. The van der Waals surface area contributed by atoms with Crippen LogP contribution in [0, 0.1) is 5.92 Å². The number of hydrogen-bond acceptors (Lipinski definition) is 5. The lowest BCUT2D eigenvalue weighted by Gasteiger charge is -2.23. The number of fused-ring (bicyclic) bond motifs is 1. The first-order valence-corrected chi connectivity index (χ1v) is 12.7. The molecule has 1 N–H and O–H groups in total. The smallest absolute Gasteiger partial charge is 0.257 e. The predicted octanol–water partition coefficient (Wildman–Crippen LogP) is 6.47. The van der Waals surface area contributed by atoms with Gasteiger partial charge in [-0.15, -0.1) is 0 Å². The average molecular weight is 470 g/mol. The third kappa shape index (κ3) is 7.26. The molecular weight excluding hydrogens is 430 g/mol. The highest BCUT2D eigenvalue weighted by molar-refractivity contribution is 8.07. The molecule has 0 spiro atoms. The summed E-state index contributed by atoms with van der Waals surface area (Å²) in [6, 6.07) is 6.13. The second kappa shape index (κ2) is 13.3. The maximum atomic E-state index is 12.6. The van der Waals surface area contributed by atoms with Crippen molar-refractivity contribution in [1.82, 2.24) is 5.32 Å². The fraction of sp³-hybridized carbons (Fsp3) is 0.481. The Balaban J connectivity index is 2.11. The fourth-order valence-electron chi connectivity index (χ4n) is 4.11. The summed E-state index contributed by atoms with van der Waals surface area (Å²) in [4.78, 5) is 20.8. The Morgan fingerprint density at radius 1 is 1.27 bits per heavy atom. The van der Waals surface area contributed by atoms with Gasteiger partial charge in [-0.3, -0.25) is 4.79 Å². The number of thioether (sulfide) groups is 1. The maximum absolute atomic E-state index is 12.6. The number of hydrogen-bond donors (Lipinski definition) is 1. The van der Waals surface area contributed by atoms with Crippen LogP contribution in [0.5, 0.6) is 5.75 Å². The molecule has 5 nitrogen and oxygen atoms in total. The van der Waals surface area contributed by atoms with Gasteiger partial charge in [-0.1, -0.05) is 51.6 Å². The van der Waals surface area contributed by atoms with Crippen LogP contribution in [0.25, 0.3) is 0 Å². The zero-order chi connectivity index (χ0) is 24.4. The highest BCUT2D eigenvalue weighted by atomic mass is 32.2. The summed E-state index contributed by atoms with van der Waals surface area (Å²) in [6.07, 6.45) is 7.23. The van der Waals surface area contributed by atoms with Gasteiger partial charge in [-0.25, -0.2) is 4.99 Å². The highest BCUT2D eigenvalue weighted by Crippen LogP contribution is 2.38. The zero-order valence-corrected chi connectivity index (χ0v) is 21.7. The summed E-state index contributed by atoms with van der Waals surface area (Å²) in [6.45, 7) is 18.0. The summed E-state index contributed by atoms with van der Waals surface area (Å²) in [5.41, 5.74) is 3.30. The van der Waals surface area contributed by atoms with Gasteiger partial charge in [-0.05, 0) is 62.8 Å². The van der Waals surface area contributed by atoms with Gasteiger partial charge in [0.2, 0.25) is 0 Å². The molecule has 1 amide bonds. The molecule has 0 bridgehead atoms. The van der Waals surface area contributed by atoms with E-state index in [1.165, 1.54) is 17.3 Å². The zero-order valence-electron chi connectivity index (χ0n) is 20.9. The van der Waals surface area contributed by atoms with Crippen LogP contribution < -0.4 is 15.0 Å². The minimum atomic E-state index is -0.120. The first kappa shape index (κ1) is 26.8. The number of ether oxygens (including phenoxy) is 1. The molecule has 180 valence electrons. The van der Waals surface area contributed by atoms with Crippen LogP contribution in [0.3, 0.4) is 0 Å². The number of rotatable bonds is 13. The van der Waals surface area contributed by atoms with Gasteiger partial charge in [0, 0.05) is 35.5 Å². The number of benzene rings is 1. The Labute approximate surface area is 204 Å². The summed E-state index contributed by atoms with van der Waals surface area (Å²) < 4.78 is 5.37.